The average molecular weight is 281 g/mol. The number of carbonyl (C=O) groups is 2. The molecule has 5 heteroatoms. The Bertz CT molecular complexity index is 670. The molecule has 0 unspecified atom stereocenters. The predicted octanol–water partition coefficient (Wildman–Crippen LogP) is 2.07. The fraction of sp³-hybridized carbons (Fsp3) is 0.188. The maximum atomic E-state index is 12.2. The lowest BCUT2D eigenvalue weighted by atomic mass is 10.1. The van der Waals surface area contributed by atoms with Crippen LogP contribution in [0.1, 0.15) is 22.3 Å². The van der Waals surface area contributed by atoms with Gasteiger partial charge in [-0.3, -0.25) is 14.6 Å². The molecule has 1 aromatic carbocycles. The van der Waals surface area contributed by atoms with Crippen molar-refractivity contribution in [2.24, 2.45) is 0 Å². The van der Waals surface area contributed by atoms with Gasteiger partial charge in [-0.1, -0.05) is 18.2 Å². The van der Waals surface area contributed by atoms with Gasteiger partial charge in [-0.2, -0.15) is 0 Å². The molecule has 1 N–H and O–H groups in total. The number of carbonyl (C=O) groups excluding carboxylic acids is 2. The van der Waals surface area contributed by atoms with E-state index in [0.29, 0.717) is 18.8 Å². The molecule has 1 aliphatic rings. The van der Waals surface area contributed by atoms with Crippen molar-refractivity contribution < 1.29 is 9.59 Å². The van der Waals surface area contributed by atoms with Crippen molar-refractivity contribution in [1.82, 2.24) is 9.88 Å². The Morgan fingerprint density at radius 1 is 1.24 bits per heavy atom. The number of aromatic nitrogens is 1. The van der Waals surface area contributed by atoms with Crippen LogP contribution in [-0.4, -0.2) is 28.2 Å². The van der Waals surface area contributed by atoms with Crippen LogP contribution < -0.4 is 5.32 Å². The molecule has 0 spiro atoms. The van der Waals surface area contributed by atoms with E-state index in [1.807, 2.05) is 24.3 Å². The Hall–Kier alpha value is -2.69. The van der Waals surface area contributed by atoms with Crippen molar-refractivity contribution in [2.45, 2.75) is 13.0 Å². The summed E-state index contributed by atoms with van der Waals surface area (Å²) >= 11 is 0. The van der Waals surface area contributed by atoms with Crippen molar-refractivity contribution >= 4 is 17.5 Å². The smallest absolute Gasteiger partial charge is 0.254 e. The normalized spacial score (nSPS) is 13.1. The van der Waals surface area contributed by atoms with E-state index in [4.69, 9.17) is 0 Å². The lowest BCUT2D eigenvalue weighted by Crippen LogP contribution is -2.28. The summed E-state index contributed by atoms with van der Waals surface area (Å²) in [6.07, 6.45) is 3.51. The van der Waals surface area contributed by atoms with Crippen LogP contribution >= 0.6 is 0 Å². The Morgan fingerprint density at radius 2 is 2.10 bits per heavy atom. The number of pyridine rings is 1. The summed E-state index contributed by atoms with van der Waals surface area (Å²) in [5, 5.41) is 2.76. The van der Waals surface area contributed by atoms with Crippen molar-refractivity contribution in [3.63, 3.8) is 0 Å². The monoisotopic (exact) mass is 281 g/mol. The highest BCUT2D eigenvalue weighted by Crippen LogP contribution is 2.22. The van der Waals surface area contributed by atoms with Crippen LogP contribution in [0.15, 0.2) is 48.8 Å². The lowest BCUT2D eigenvalue weighted by molar-refractivity contribution is -0.116. The molecule has 0 saturated heterocycles. The third-order valence-electron chi connectivity index (χ3n) is 3.45. The minimum Gasteiger partial charge on any atom is -0.334 e. The number of rotatable bonds is 4. The topological polar surface area (TPSA) is 62.3 Å². The number of anilines is 1. The zero-order valence-electron chi connectivity index (χ0n) is 11.5. The average Bonchev–Trinajstić information content (AvgIpc) is 2.83. The molecule has 1 aliphatic heterocycles. The first-order chi connectivity index (χ1) is 10.2. The van der Waals surface area contributed by atoms with Gasteiger partial charge in [-0.05, 0) is 23.8 Å². The van der Waals surface area contributed by atoms with Crippen LogP contribution in [0.3, 0.4) is 0 Å². The summed E-state index contributed by atoms with van der Waals surface area (Å²) in [7, 11) is 0. The van der Waals surface area contributed by atoms with Crippen LogP contribution in [0.5, 0.6) is 0 Å². The van der Waals surface area contributed by atoms with E-state index in [2.05, 4.69) is 10.3 Å². The molecule has 106 valence electrons. The van der Waals surface area contributed by atoms with E-state index in [1.54, 1.807) is 29.4 Å². The third-order valence-corrected chi connectivity index (χ3v) is 3.45. The van der Waals surface area contributed by atoms with Gasteiger partial charge in [0.25, 0.3) is 5.91 Å². The van der Waals surface area contributed by atoms with Crippen LogP contribution in [-0.2, 0) is 11.3 Å². The molecule has 2 aromatic rings. The van der Waals surface area contributed by atoms with Gasteiger partial charge in [-0.25, -0.2) is 0 Å². The molecule has 5 nitrogen and oxygen atoms in total. The Labute approximate surface area is 122 Å². The van der Waals surface area contributed by atoms with Crippen molar-refractivity contribution in [2.75, 3.05) is 11.9 Å². The van der Waals surface area contributed by atoms with Gasteiger partial charge in [0.1, 0.15) is 0 Å². The fourth-order valence-electron chi connectivity index (χ4n) is 2.39. The maximum absolute atomic E-state index is 12.2. The molecule has 21 heavy (non-hydrogen) atoms. The lowest BCUT2D eigenvalue weighted by Gasteiger charge is -2.15. The molecule has 0 bridgehead atoms. The molecule has 1 aromatic heterocycles. The summed E-state index contributed by atoms with van der Waals surface area (Å²) in [6.45, 7) is 0.995. The van der Waals surface area contributed by atoms with Crippen LogP contribution in [0, 0.1) is 0 Å². The van der Waals surface area contributed by atoms with Crippen molar-refractivity contribution in [3.05, 3.63) is 59.9 Å². The van der Waals surface area contributed by atoms with Gasteiger partial charge < -0.3 is 10.2 Å². The third kappa shape index (κ3) is 2.91. The SMILES string of the molecule is O=C(CCN1Cc2ccccc2C1=O)Nc1cccnc1. The summed E-state index contributed by atoms with van der Waals surface area (Å²) in [6, 6.07) is 11.1. The van der Waals surface area contributed by atoms with Gasteiger partial charge in [0.2, 0.25) is 5.91 Å². The highest BCUT2D eigenvalue weighted by atomic mass is 16.2. The van der Waals surface area contributed by atoms with E-state index >= 15 is 0 Å². The molecule has 3 rings (SSSR count). The van der Waals surface area contributed by atoms with Crippen LogP contribution in [0.2, 0.25) is 0 Å². The number of nitrogens with zero attached hydrogens (tertiary/aromatic N) is 2. The minimum atomic E-state index is -0.119. The zero-order chi connectivity index (χ0) is 14.7. The molecule has 0 radical (unpaired) electrons. The van der Waals surface area contributed by atoms with E-state index < -0.39 is 0 Å². The minimum absolute atomic E-state index is 0.000206. The zero-order valence-corrected chi connectivity index (χ0v) is 11.5. The van der Waals surface area contributed by atoms with Crippen molar-refractivity contribution in [1.29, 1.82) is 0 Å². The second kappa shape index (κ2) is 5.75. The number of hydrogen-bond acceptors (Lipinski definition) is 3. The van der Waals surface area contributed by atoms with Gasteiger partial charge in [0, 0.05) is 31.3 Å². The summed E-state index contributed by atoms with van der Waals surface area (Å²) in [5.41, 5.74) is 2.43. The Morgan fingerprint density at radius 3 is 2.86 bits per heavy atom. The predicted molar refractivity (Wildman–Crippen MR) is 78.7 cm³/mol. The summed E-state index contributed by atoms with van der Waals surface area (Å²) < 4.78 is 0. The molecule has 0 atom stereocenters. The van der Waals surface area contributed by atoms with E-state index in [-0.39, 0.29) is 18.2 Å². The quantitative estimate of drug-likeness (QED) is 0.933. The molecule has 0 aliphatic carbocycles. The Balaban J connectivity index is 1.55. The maximum Gasteiger partial charge on any atom is 0.254 e. The number of nitrogens with one attached hydrogen (secondary N) is 1. The highest BCUT2D eigenvalue weighted by molar-refractivity contribution is 5.98. The van der Waals surface area contributed by atoms with Crippen molar-refractivity contribution in [3.8, 4) is 0 Å². The van der Waals surface area contributed by atoms with Gasteiger partial charge >= 0.3 is 0 Å². The van der Waals surface area contributed by atoms with E-state index in [9.17, 15) is 9.59 Å². The molecule has 2 amide bonds. The second-order valence-electron chi connectivity index (χ2n) is 4.92. The summed E-state index contributed by atoms with van der Waals surface area (Å²) in [5.74, 6) is -0.119. The molecular weight excluding hydrogens is 266 g/mol. The van der Waals surface area contributed by atoms with E-state index in [0.717, 1.165) is 11.1 Å². The molecular formula is C16H15N3O2. The second-order valence-corrected chi connectivity index (χ2v) is 4.92. The van der Waals surface area contributed by atoms with Gasteiger partial charge in [0.05, 0.1) is 11.9 Å². The highest BCUT2D eigenvalue weighted by Gasteiger charge is 2.26. The number of fused-ring (bicyclic) bond motifs is 1. The first-order valence-corrected chi connectivity index (χ1v) is 6.81. The first-order valence-electron chi connectivity index (χ1n) is 6.81. The number of benzene rings is 1. The summed E-state index contributed by atoms with van der Waals surface area (Å²) in [4.78, 5) is 29.7. The molecule has 0 saturated carbocycles. The van der Waals surface area contributed by atoms with E-state index in [1.165, 1.54) is 0 Å². The fourth-order valence-corrected chi connectivity index (χ4v) is 2.39. The molecule has 2 heterocycles. The van der Waals surface area contributed by atoms with Gasteiger partial charge in [0.15, 0.2) is 0 Å². The standard InChI is InChI=1S/C16H15N3O2/c20-15(18-13-5-3-8-17-10-13)7-9-19-11-12-4-1-2-6-14(12)16(19)21/h1-6,8,10H,7,9,11H2,(H,18,20). The molecule has 0 fully saturated rings. The van der Waals surface area contributed by atoms with Crippen LogP contribution in [0.4, 0.5) is 5.69 Å². The Kier molecular flexibility index (Phi) is 3.64. The van der Waals surface area contributed by atoms with Gasteiger partial charge in [-0.15, -0.1) is 0 Å². The van der Waals surface area contributed by atoms with Crippen LogP contribution in [0.25, 0.3) is 0 Å². The number of amides is 2. The number of hydrogen-bond donors (Lipinski definition) is 1. The largest absolute Gasteiger partial charge is 0.334 e. The first kappa shape index (κ1) is 13.3.